The Morgan fingerprint density at radius 1 is 1.05 bits per heavy atom. The second kappa shape index (κ2) is 7.18. The standard InChI is InChI=1S/C18H20N2OS/c1-12(2)14-8-10-15(11-9-14)19-18(22)20-17(21)16-7-5-4-6-13(16)3/h4-12H,1-3H3,(H2,19,20,21,22). The van der Waals surface area contributed by atoms with Crippen molar-refractivity contribution in [2.45, 2.75) is 26.7 Å². The Hall–Kier alpha value is -2.20. The average Bonchev–Trinajstić information content (AvgIpc) is 2.48. The lowest BCUT2D eigenvalue weighted by Gasteiger charge is -2.12. The van der Waals surface area contributed by atoms with E-state index >= 15 is 0 Å². The van der Waals surface area contributed by atoms with Gasteiger partial charge in [0.1, 0.15) is 0 Å². The third-order valence-corrected chi connectivity index (χ3v) is 3.66. The summed E-state index contributed by atoms with van der Waals surface area (Å²) in [7, 11) is 0. The number of rotatable bonds is 3. The van der Waals surface area contributed by atoms with Crippen molar-refractivity contribution in [3.8, 4) is 0 Å². The first kappa shape index (κ1) is 16.2. The summed E-state index contributed by atoms with van der Waals surface area (Å²) in [6.45, 7) is 6.20. The summed E-state index contributed by atoms with van der Waals surface area (Å²) < 4.78 is 0. The first-order valence-electron chi connectivity index (χ1n) is 7.25. The molecular weight excluding hydrogens is 292 g/mol. The van der Waals surface area contributed by atoms with Gasteiger partial charge in [-0.2, -0.15) is 0 Å². The molecule has 1 amide bonds. The second-order valence-electron chi connectivity index (χ2n) is 5.50. The van der Waals surface area contributed by atoms with Crippen LogP contribution in [-0.4, -0.2) is 11.0 Å². The molecule has 0 unspecified atom stereocenters. The number of aryl methyl sites for hydroxylation is 1. The molecule has 0 saturated heterocycles. The summed E-state index contributed by atoms with van der Waals surface area (Å²) in [5.41, 5.74) is 3.67. The third kappa shape index (κ3) is 4.15. The summed E-state index contributed by atoms with van der Waals surface area (Å²) in [6.07, 6.45) is 0. The van der Waals surface area contributed by atoms with Crippen molar-refractivity contribution < 1.29 is 4.79 Å². The number of carbonyl (C=O) groups is 1. The minimum absolute atomic E-state index is 0.200. The molecule has 0 saturated carbocycles. The first-order valence-corrected chi connectivity index (χ1v) is 7.66. The third-order valence-electron chi connectivity index (χ3n) is 3.45. The normalized spacial score (nSPS) is 10.4. The van der Waals surface area contributed by atoms with Gasteiger partial charge in [-0.3, -0.25) is 10.1 Å². The Kier molecular flexibility index (Phi) is 5.28. The van der Waals surface area contributed by atoms with Crippen molar-refractivity contribution in [2.75, 3.05) is 5.32 Å². The molecule has 0 fully saturated rings. The first-order chi connectivity index (χ1) is 10.5. The van der Waals surface area contributed by atoms with Gasteiger partial charge in [0.2, 0.25) is 0 Å². The molecule has 0 radical (unpaired) electrons. The van der Waals surface area contributed by atoms with E-state index in [1.54, 1.807) is 6.07 Å². The minimum Gasteiger partial charge on any atom is -0.332 e. The van der Waals surface area contributed by atoms with E-state index < -0.39 is 0 Å². The molecule has 0 aliphatic rings. The summed E-state index contributed by atoms with van der Waals surface area (Å²) >= 11 is 5.20. The van der Waals surface area contributed by atoms with Crippen molar-refractivity contribution in [3.05, 3.63) is 65.2 Å². The fraction of sp³-hybridized carbons (Fsp3) is 0.222. The highest BCUT2D eigenvalue weighted by atomic mass is 32.1. The number of anilines is 1. The molecule has 114 valence electrons. The maximum absolute atomic E-state index is 12.2. The highest BCUT2D eigenvalue weighted by molar-refractivity contribution is 7.80. The van der Waals surface area contributed by atoms with E-state index in [1.165, 1.54) is 5.56 Å². The van der Waals surface area contributed by atoms with E-state index in [0.29, 0.717) is 16.6 Å². The van der Waals surface area contributed by atoms with Gasteiger partial charge in [-0.1, -0.05) is 44.2 Å². The number of nitrogens with one attached hydrogen (secondary N) is 2. The molecule has 0 heterocycles. The molecule has 2 N–H and O–H groups in total. The molecule has 0 atom stereocenters. The Balaban J connectivity index is 1.98. The van der Waals surface area contributed by atoms with Crippen molar-refractivity contribution in [2.24, 2.45) is 0 Å². The van der Waals surface area contributed by atoms with Crippen LogP contribution in [0.3, 0.4) is 0 Å². The lowest BCUT2D eigenvalue weighted by Crippen LogP contribution is -2.34. The molecule has 0 aliphatic carbocycles. The summed E-state index contributed by atoms with van der Waals surface area (Å²) in [5.74, 6) is 0.288. The van der Waals surface area contributed by atoms with Crippen LogP contribution in [0.5, 0.6) is 0 Å². The molecule has 4 heteroatoms. The van der Waals surface area contributed by atoms with Crippen LogP contribution in [0.25, 0.3) is 0 Å². The number of hydrogen-bond donors (Lipinski definition) is 2. The zero-order valence-electron chi connectivity index (χ0n) is 13.0. The fourth-order valence-electron chi connectivity index (χ4n) is 2.11. The average molecular weight is 312 g/mol. The van der Waals surface area contributed by atoms with Crippen molar-refractivity contribution in [3.63, 3.8) is 0 Å². The van der Waals surface area contributed by atoms with Gasteiger partial charge in [-0.05, 0) is 54.4 Å². The van der Waals surface area contributed by atoms with E-state index in [9.17, 15) is 4.79 Å². The van der Waals surface area contributed by atoms with Gasteiger partial charge in [-0.25, -0.2) is 0 Å². The Morgan fingerprint density at radius 2 is 1.68 bits per heavy atom. The molecule has 22 heavy (non-hydrogen) atoms. The Labute approximate surface area is 136 Å². The Bertz CT molecular complexity index is 678. The summed E-state index contributed by atoms with van der Waals surface area (Å²) in [6, 6.07) is 15.4. The highest BCUT2D eigenvalue weighted by Crippen LogP contribution is 2.17. The molecule has 0 aromatic heterocycles. The van der Waals surface area contributed by atoms with Crippen LogP contribution in [0, 0.1) is 6.92 Å². The molecule has 2 rings (SSSR count). The van der Waals surface area contributed by atoms with Gasteiger partial charge in [0.15, 0.2) is 5.11 Å². The van der Waals surface area contributed by atoms with Crippen LogP contribution in [0.4, 0.5) is 5.69 Å². The number of carbonyl (C=O) groups excluding carboxylic acids is 1. The second-order valence-corrected chi connectivity index (χ2v) is 5.91. The van der Waals surface area contributed by atoms with E-state index in [0.717, 1.165) is 11.3 Å². The van der Waals surface area contributed by atoms with Gasteiger partial charge >= 0.3 is 0 Å². The van der Waals surface area contributed by atoms with Gasteiger partial charge in [0.05, 0.1) is 0 Å². The van der Waals surface area contributed by atoms with Gasteiger partial charge < -0.3 is 5.32 Å². The number of thiocarbonyl (C=S) groups is 1. The number of benzene rings is 2. The molecule has 2 aromatic carbocycles. The predicted octanol–water partition coefficient (Wildman–Crippen LogP) is 4.25. The molecule has 0 spiro atoms. The van der Waals surface area contributed by atoms with E-state index in [-0.39, 0.29) is 5.91 Å². The lowest BCUT2D eigenvalue weighted by atomic mass is 10.0. The monoisotopic (exact) mass is 312 g/mol. The van der Waals surface area contributed by atoms with Crippen LogP contribution >= 0.6 is 12.2 Å². The fourth-order valence-corrected chi connectivity index (χ4v) is 2.32. The van der Waals surface area contributed by atoms with E-state index in [2.05, 4.69) is 36.6 Å². The molecule has 0 bridgehead atoms. The molecule has 2 aromatic rings. The predicted molar refractivity (Wildman–Crippen MR) is 95.4 cm³/mol. The maximum Gasteiger partial charge on any atom is 0.257 e. The summed E-state index contributed by atoms with van der Waals surface area (Å²) in [4.78, 5) is 12.2. The smallest absolute Gasteiger partial charge is 0.257 e. The molecule has 0 aliphatic heterocycles. The van der Waals surface area contributed by atoms with Crippen LogP contribution in [0.1, 0.15) is 41.3 Å². The zero-order chi connectivity index (χ0) is 16.1. The van der Waals surface area contributed by atoms with E-state index in [1.807, 2.05) is 37.3 Å². The largest absolute Gasteiger partial charge is 0.332 e. The maximum atomic E-state index is 12.2. The van der Waals surface area contributed by atoms with Crippen molar-refractivity contribution >= 4 is 28.9 Å². The Morgan fingerprint density at radius 3 is 2.27 bits per heavy atom. The zero-order valence-corrected chi connectivity index (χ0v) is 13.8. The summed E-state index contributed by atoms with van der Waals surface area (Å²) in [5, 5.41) is 6.03. The van der Waals surface area contributed by atoms with Crippen LogP contribution in [-0.2, 0) is 0 Å². The van der Waals surface area contributed by atoms with Crippen molar-refractivity contribution in [1.82, 2.24) is 5.32 Å². The van der Waals surface area contributed by atoms with Crippen LogP contribution in [0.2, 0.25) is 0 Å². The van der Waals surface area contributed by atoms with Crippen molar-refractivity contribution in [1.29, 1.82) is 0 Å². The topological polar surface area (TPSA) is 41.1 Å². The quantitative estimate of drug-likeness (QED) is 0.833. The van der Waals surface area contributed by atoms with Gasteiger partial charge in [-0.15, -0.1) is 0 Å². The van der Waals surface area contributed by atoms with Crippen LogP contribution in [0.15, 0.2) is 48.5 Å². The lowest BCUT2D eigenvalue weighted by molar-refractivity contribution is 0.0977. The van der Waals surface area contributed by atoms with E-state index in [4.69, 9.17) is 12.2 Å². The minimum atomic E-state index is -0.200. The number of hydrogen-bond acceptors (Lipinski definition) is 2. The molecule has 3 nitrogen and oxygen atoms in total. The number of amides is 1. The van der Waals surface area contributed by atoms with Gasteiger partial charge in [0, 0.05) is 11.3 Å². The van der Waals surface area contributed by atoms with Gasteiger partial charge in [0.25, 0.3) is 5.91 Å². The SMILES string of the molecule is Cc1ccccc1C(=O)NC(=S)Nc1ccc(C(C)C)cc1. The molecular formula is C18H20N2OS. The highest BCUT2D eigenvalue weighted by Gasteiger charge is 2.10. The van der Waals surface area contributed by atoms with Crippen LogP contribution < -0.4 is 10.6 Å².